The van der Waals surface area contributed by atoms with Crippen molar-refractivity contribution in [3.63, 3.8) is 0 Å². The minimum Gasteiger partial charge on any atom is -0.457 e. The Morgan fingerprint density at radius 3 is 2.22 bits per heavy atom. The lowest BCUT2D eigenvalue weighted by atomic mass is 10.1. The highest BCUT2D eigenvalue weighted by atomic mass is 32.2. The van der Waals surface area contributed by atoms with Gasteiger partial charge in [-0.3, -0.25) is 9.59 Å². The first kappa shape index (κ1) is 21.5. The van der Waals surface area contributed by atoms with Crippen LogP contribution in [-0.4, -0.2) is 24.2 Å². The van der Waals surface area contributed by atoms with E-state index in [1.807, 2.05) is 72.8 Å². The molecule has 5 nitrogen and oxygen atoms in total. The number of benzene rings is 4. The molecule has 0 aliphatic heterocycles. The molecule has 4 rings (SSSR count). The average molecular weight is 444 g/mol. The Morgan fingerprint density at radius 2 is 1.44 bits per heavy atom. The van der Waals surface area contributed by atoms with Crippen LogP contribution in [0.3, 0.4) is 0 Å². The van der Waals surface area contributed by atoms with E-state index in [9.17, 15) is 9.59 Å². The number of ether oxygens (including phenoxy) is 2. The summed E-state index contributed by atoms with van der Waals surface area (Å²) in [6.07, 6.45) is 0. The lowest BCUT2D eigenvalue weighted by Crippen LogP contribution is -2.21. The summed E-state index contributed by atoms with van der Waals surface area (Å²) >= 11 is 1.38. The van der Waals surface area contributed by atoms with E-state index in [2.05, 4.69) is 5.32 Å². The summed E-state index contributed by atoms with van der Waals surface area (Å²) in [6, 6.07) is 30.5. The fourth-order valence-corrected chi connectivity index (χ4v) is 3.76. The van der Waals surface area contributed by atoms with E-state index in [1.165, 1.54) is 11.8 Å². The monoisotopic (exact) mass is 443 g/mol. The van der Waals surface area contributed by atoms with Crippen molar-refractivity contribution in [2.45, 2.75) is 4.90 Å². The number of nitrogens with one attached hydrogen (secondary N) is 1. The van der Waals surface area contributed by atoms with Crippen LogP contribution in [0.4, 0.5) is 5.69 Å². The number of thioether (sulfide) groups is 1. The summed E-state index contributed by atoms with van der Waals surface area (Å²) in [7, 11) is 0. The van der Waals surface area contributed by atoms with E-state index in [-0.39, 0.29) is 12.4 Å². The predicted octanol–water partition coefficient (Wildman–Crippen LogP) is 5.91. The van der Waals surface area contributed by atoms with Crippen LogP contribution in [0.25, 0.3) is 10.8 Å². The quantitative estimate of drug-likeness (QED) is 0.271. The molecular weight excluding hydrogens is 422 g/mol. The van der Waals surface area contributed by atoms with Crippen molar-refractivity contribution in [3.8, 4) is 11.5 Å². The maximum Gasteiger partial charge on any atom is 0.316 e. The molecule has 1 N–H and O–H groups in total. The Balaban J connectivity index is 1.20. The Bertz CT molecular complexity index is 1210. The molecule has 0 aliphatic carbocycles. The molecule has 0 aliphatic rings. The van der Waals surface area contributed by atoms with Gasteiger partial charge >= 0.3 is 5.97 Å². The molecule has 0 atom stereocenters. The van der Waals surface area contributed by atoms with Gasteiger partial charge in [-0.2, -0.15) is 0 Å². The van der Waals surface area contributed by atoms with Gasteiger partial charge in [-0.1, -0.05) is 48.5 Å². The van der Waals surface area contributed by atoms with Gasteiger partial charge in [-0.15, -0.1) is 11.8 Å². The number of rotatable bonds is 8. The topological polar surface area (TPSA) is 64.6 Å². The fraction of sp³-hybridized carbons (Fsp3) is 0.0769. The second kappa shape index (κ2) is 10.5. The van der Waals surface area contributed by atoms with Crippen LogP contribution in [0.2, 0.25) is 0 Å². The molecule has 0 unspecified atom stereocenters. The van der Waals surface area contributed by atoms with E-state index < -0.39 is 11.9 Å². The van der Waals surface area contributed by atoms with Crippen LogP contribution in [0.1, 0.15) is 0 Å². The summed E-state index contributed by atoms with van der Waals surface area (Å²) in [5.41, 5.74) is 0.594. The zero-order valence-electron chi connectivity index (χ0n) is 17.2. The fourth-order valence-electron chi connectivity index (χ4n) is 3.02. The van der Waals surface area contributed by atoms with Gasteiger partial charge in [0.15, 0.2) is 6.61 Å². The van der Waals surface area contributed by atoms with E-state index in [0.717, 1.165) is 21.4 Å². The third-order valence-electron chi connectivity index (χ3n) is 4.56. The number of fused-ring (bicyclic) bond motifs is 1. The molecule has 4 aromatic rings. The van der Waals surface area contributed by atoms with Crippen LogP contribution in [0.5, 0.6) is 11.5 Å². The Hall–Kier alpha value is -3.77. The maximum atomic E-state index is 12.1. The van der Waals surface area contributed by atoms with Crippen molar-refractivity contribution in [1.82, 2.24) is 0 Å². The predicted molar refractivity (Wildman–Crippen MR) is 127 cm³/mol. The maximum absolute atomic E-state index is 12.1. The number of esters is 1. The molecule has 0 bridgehead atoms. The zero-order chi connectivity index (χ0) is 22.2. The van der Waals surface area contributed by atoms with Crippen LogP contribution >= 0.6 is 11.8 Å². The molecule has 0 saturated carbocycles. The SMILES string of the molecule is O=C(COC(=O)CSc1ccc2ccccc2c1)Nc1ccc(Oc2ccccc2)cc1. The molecule has 6 heteroatoms. The normalized spacial score (nSPS) is 10.5. The lowest BCUT2D eigenvalue weighted by Gasteiger charge is -2.09. The molecule has 4 aromatic carbocycles. The summed E-state index contributed by atoms with van der Waals surface area (Å²) in [5.74, 6) is 0.691. The first-order valence-corrected chi connectivity index (χ1v) is 11.0. The van der Waals surface area contributed by atoms with Crippen molar-refractivity contribution in [3.05, 3.63) is 97.1 Å². The highest BCUT2D eigenvalue weighted by Gasteiger charge is 2.09. The first-order valence-electron chi connectivity index (χ1n) is 10.1. The van der Waals surface area contributed by atoms with Gasteiger partial charge in [-0.05, 0) is 59.3 Å². The molecule has 1 amide bonds. The molecule has 32 heavy (non-hydrogen) atoms. The number of carbonyl (C=O) groups excluding carboxylic acids is 2. The van der Waals surface area contributed by atoms with E-state index in [4.69, 9.17) is 9.47 Å². The zero-order valence-corrected chi connectivity index (χ0v) is 18.0. The summed E-state index contributed by atoms with van der Waals surface area (Å²) in [6.45, 7) is -0.334. The van der Waals surface area contributed by atoms with Crippen molar-refractivity contribution in [2.24, 2.45) is 0 Å². The van der Waals surface area contributed by atoms with Crippen LogP contribution in [0, 0.1) is 0 Å². The van der Waals surface area contributed by atoms with Gasteiger partial charge in [0, 0.05) is 10.6 Å². The Labute approximate surface area is 190 Å². The third-order valence-corrected chi connectivity index (χ3v) is 5.53. The number of anilines is 1. The standard InChI is InChI=1S/C26H21NO4S/c28-25(27-21-11-13-23(14-12-21)31-22-8-2-1-3-9-22)17-30-26(29)18-32-24-15-10-19-6-4-5-7-20(19)16-24/h1-16H,17-18H2,(H,27,28). The lowest BCUT2D eigenvalue weighted by molar-refractivity contribution is -0.144. The van der Waals surface area contributed by atoms with Gasteiger partial charge in [0.05, 0.1) is 5.75 Å². The second-order valence-corrected chi connectivity index (χ2v) is 7.99. The summed E-state index contributed by atoms with van der Waals surface area (Å²) in [5, 5.41) is 4.97. The van der Waals surface area contributed by atoms with Gasteiger partial charge in [0.1, 0.15) is 11.5 Å². The van der Waals surface area contributed by atoms with Crippen molar-refractivity contribution >= 4 is 40.1 Å². The number of hydrogen-bond acceptors (Lipinski definition) is 5. The van der Waals surface area contributed by atoms with Crippen molar-refractivity contribution in [1.29, 1.82) is 0 Å². The number of hydrogen-bond donors (Lipinski definition) is 1. The van der Waals surface area contributed by atoms with Crippen molar-refractivity contribution < 1.29 is 19.1 Å². The van der Waals surface area contributed by atoms with E-state index in [0.29, 0.717) is 11.4 Å². The second-order valence-electron chi connectivity index (χ2n) is 6.95. The summed E-state index contributed by atoms with van der Waals surface area (Å²) < 4.78 is 10.8. The van der Waals surface area contributed by atoms with E-state index >= 15 is 0 Å². The van der Waals surface area contributed by atoms with Gasteiger partial charge < -0.3 is 14.8 Å². The number of para-hydroxylation sites is 1. The molecule has 160 valence electrons. The summed E-state index contributed by atoms with van der Waals surface area (Å²) in [4.78, 5) is 25.1. The Kier molecular flexibility index (Phi) is 7.05. The number of amides is 1. The highest BCUT2D eigenvalue weighted by molar-refractivity contribution is 8.00. The Morgan fingerprint density at radius 1 is 0.750 bits per heavy atom. The first-order chi connectivity index (χ1) is 15.7. The minimum absolute atomic E-state index is 0.136. The molecule has 0 fully saturated rings. The molecule has 0 heterocycles. The molecule has 0 saturated heterocycles. The molecule has 0 spiro atoms. The largest absolute Gasteiger partial charge is 0.457 e. The third kappa shape index (κ3) is 6.12. The smallest absolute Gasteiger partial charge is 0.316 e. The molecule has 0 aromatic heterocycles. The van der Waals surface area contributed by atoms with Crippen LogP contribution in [-0.2, 0) is 14.3 Å². The van der Waals surface area contributed by atoms with Crippen LogP contribution in [0.15, 0.2) is 102 Å². The van der Waals surface area contributed by atoms with Gasteiger partial charge in [0.2, 0.25) is 0 Å². The highest BCUT2D eigenvalue weighted by Crippen LogP contribution is 2.24. The van der Waals surface area contributed by atoms with E-state index in [1.54, 1.807) is 24.3 Å². The molecule has 0 radical (unpaired) electrons. The number of carbonyl (C=O) groups is 2. The van der Waals surface area contributed by atoms with Gasteiger partial charge in [0.25, 0.3) is 5.91 Å². The van der Waals surface area contributed by atoms with Gasteiger partial charge in [-0.25, -0.2) is 0 Å². The van der Waals surface area contributed by atoms with Crippen LogP contribution < -0.4 is 10.1 Å². The van der Waals surface area contributed by atoms with Crippen molar-refractivity contribution in [2.75, 3.05) is 17.7 Å². The molecular formula is C26H21NO4S. The average Bonchev–Trinajstić information content (AvgIpc) is 2.83. The minimum atomic E-state index is -0.440.